The van der Waals surface area contributed by atoms with Gasteiger partial charge in [-0.3, -0.25) is 9.59 Å². The van der Waals surface area contributed by atoms with Gasteiger partial charge in [0.05, 0.1) is 19.1 Å². The largest absolute Gasteiger partial charge is 0.469 e. The van der Waals surface area contributed by atoms with Gasteiger partial charge in [0.15, 0.2) is 0 Å². The van der Waals surface area contributed by atoms with E-state index in [1.807, 2.05) is 11.8 Å². The molecular weight excluding hydrogens is 244 g/mol. The maximum atomic E-state index is 12.6. The minimum Gasteiger partial charge on any atom is -0.469 e. The van der Waals surface area contributed by atoms with Crippen molar-refractivity contribution in [3.8, 4) is 0 Å². The van der Waals surface area contributed by atoms with Crippen molar-refractivity contribution in [1.82, 2.24) is 4.90 Å². The van der Waals surface area contributed by atoms with Gasteiger partial charge in [-0.25, -0.2) is 0 Å². The molecule has 2 N–H and O–H groups in total. The Hall–Kier alpha value is -1.10. The molecule has 0 aromatic carbocycles. The zero-order valence-electron chi connectivity index (χ0n) is 11.9. The molecule has 108 valence electrons. The van der Waals surface area contributed by atoms with Crippen LogP contribution in [0.1, 0.15) is 45.4 Å². The summed E-state index contributed by atoms with van der Waals surface area (Å²) in [6.07, 6.45) is 5.26. The quantitative estimate of drug-likeness (QED) is 0.774. The molecule has 2 fully saturated rings. The van der Waals surface area contributed by atoms with E-state index in [1.165, 1.54) is 7.11 Å². The first kappa shape index (κ1) is 14.3. The van der Waals surface area contributed by atoms with E-state index in [0.29, 0.717) is 12.5 Å². The Balaban J connectivity index is 2.06. The van der Waals surface area contributed by atoms with E-state index in [9.17, 15) is 9.59 Å². The van der Waals surface area contributed by atoms with Crippen molar-refractivity contribution in [1.29, 1.82) is 0 Å². The lowest BCUT2D eigenvalue weighted by molar-refractivity contribution is -0.146. The first-order valence-corrected chi connectivity index (χ1v) is 7.13. The lowest BCUT2D eigenvalue weighted by atomic mass is 9.91. The van der Waals surface area contributed by atoms with E-state index in [-0.39, 0.29) is 24.3 Å². The number of esters is 1. The number of carbonyl (C=O) groups is 2. The number of amides is 1. The Bertz CT molecular complexity index is 364. The van der Waals surface area contributed by atoms with Gasteiger partial charge in [-0.1, -0.05) is 0 Å². The summed E-state index contributed by atoms with van der Waals surface area (Å²) in [5, 5.41) is 0. The van der Waals surface area contributed by atoms with Crippen LogP contribution in [0, 0.1) is 5.92 Å². The number of hydrogen-bond acceptors (Lipinski definition) is 4. The normalized spacial score (nSPS) is 26.7. The number of likely N-dealkylation sites (tertiary alicyclic amines) is 1. The molecule has 1 heterocycles. The summed E-state index contributed by atoms with van der Waals surface area (Å²) in [5.41, 5.74) is 5.44. The number of nitrogens with two attached hydrogens (primary N) is 1. The smallest absolute Gasteiger partial charge is 0.307 e. The second-order valence-electron chi connectivity index (χ2n) is 5.99. The summed E-state index contributed by atoms with van der Waals surface area (Å²) in [6, 6.07) is -0.0460. The molecular formula is C14H24N2O3. The average molecular weight is 268 g/mol. The highest BCUT2D eigenvalue weighted by Crippen LogP contribution is 2.39. The van der Waals surface area contributed by atoms with Gasteiger partial charge in [0, 0.05) is 12.6 Å². The highest BCUT2D eigenvalue weighted by atomic mass is 16.5. The highest BCUT2D eigenvalue weighted by molar-refractivity contribution is 5.87. The van der Waals surface area contributed by atoms with Crippen molar-refractivity contribution in [2.24, 2.45) is 11.7 Å². The van der Waals surface area contributed by atoms with Crippen LogP contribution in [0.25, 0.3) is 0 Å². The fraction of sp³-hybridized carbons (Fsp3) is 0.857. The monoisotopic (exact) mass is 268 g/mol. The van der Waals surface area contributed by atoms with Crippen molar-refractivity contribution in [3.05, 3.63) is 0 Å². The van der Waals surface area contributed by atoms with Crippen molar-refractivity contribution in [2.75, 3.05) is 13.7 Å². The molecule has 1 saturated heterocycles. The van der Waals surface area contributed by atoms with E-state index in [1.54, 1.807) is 0 Å². The van der Waals surface area contributed by atoms with Crippen LogP contribution in [0.15, 0.2) is 0 Å². The van der Waals surface area contributed by atoms with Crippen LogP contribution in [0.3, 0.4) is 0 Å². The molecule has 0 aromatic heterocycles. The number of carbonyl (C=O) groups excluding carboxylic acids is 2. The Morgan fingerprint density at radius 1 is 1.32 bits per heavy atom. The minimum absolute atomic E-state index is 0.00334. The van der Waals surface area contributed by atoms with Crippen molar-refractivity contribution < 1.29 is 14.3 Å². The van der Waals surface area contributed by atoms with Crippen LogP contribution in [0.2, 0.25) is 0 Å². The fourth-order valence-electron chi connectivity index (χ4n) is 2.92. The minimum atomic E-state index is -0.772. The molecule has 5 heteroatoms. The van der Waals surface area contributed by atoms with Gasteiger partial charge in [-0.15, -0.1) is 0 Å². The van der Waals surface area contributed by atoms with Crippen molar-refractivity contribution in [3.63, 3.8) is 0 Å². The van der Waals surface area contributed by atoms with E-state index in [0.717, 1.165) is 32.1 Å². The lowest BCUT2D eigenvalue weighted by Gasteiger charge is -2.40. The van der Waals surface area contributed by atoms with E-state index in [2.05, 4.69) is 0 Å². The van der Waals surface area contributed by atoms with Crippen LogP contribution < -0.4 is 5.73 Å². The maximum Gasteiger partial charge on any atom is 0.307 e. The Morgan fingerprint density at radius 3 is 2.58 bits per heavy atom. The Morgan fingerprint density at radius 2 is 2.00 bits per heavy atom. The number of methoxy groups -OCH3 is 1. The van der Waals surface area contributed by atoms with Crippen molar-refractivity contribution >= 4 is 11.9 Å². The summed E-state index contributed by atoms with van der Waals surface area (Å²) in [6.45, 7) is 2.54. The second-order valence-corrected chi connectivity index (χ2v) is 5.99. The number of hydrogen-bond donors (Lipinski definition) is 1. The topological polar surface area (TPSA) is 72.6 Å². The van der Waals surface area contributed by atoms with Gasteiger partial charge in [0.25, 0.3) is 0 Å². The zero-order valence-corrected chi connectivity index (χ0v) is 11.9. The van der Waals surface area contributed by atoms with Crippen LogP contribution in [-0.4, -0.2) is 42.0 Å². The van der Waals surface area contributed by atoms with Crippen LogP contribution in [0.5, 0.6) is 0 Å². The van der Waals surface area contributed by atoms with E-state index >= 15 is 0 Å². The molecule has 0 radical (unpaired) electrons. The third-order valence-corrected chi connectivity index (χ3v) is 4.40. The molecule has 2 unspecified atom stereocenters. The van der Waals surface area contributed by atoms with Crippen molar-refractivity contribution in [2.45, 2.75) is 57.0 Å². The molecule has 0 aromatic rings. The molecule has 1 amide bonds. The summed E-state index contributed by atoms with van der Waals surface area (Å²) in [4.78, 5) is 25.9. The standard InChI is InChI=1S/C14H24N2O3/c1-14(15,10-6-7-10)13(18)16-8-4-3-5-11(16)9-12(17)19-2/h10-11H,3-9,15H2,1-2H3. The highest BCUT2D eigenvalue weighted by Gasteiger charge is 2.47. The van der Waals surface area contributed by atoms with E-state index < -0.39 is 5.54 Å². The summed E-state index contributed by atoms with van der Waals surface area (Å²) < 4.78 is 4.72. The summed E-state index contributed by atoms with van der Waals surface area (Å²) >= 11 is 0. The molecule has 19 heavy (non-hydrogen) atoms. The van der Waals surface area contributed by atoms with Crippen LogP contribution in [-0.2, 0) is 14.3 Å². The summed E-state index contributed by atoms with van der Waals surface area (Å²) in [7, 11) is 1.38. The Labute approximate surface area is 114 Å². The maximum absolute atomic E-state index is 12.6. The van der Waals surface area contributed by atoms with Gasteiger partial charge in [-0.2, -0.15) is 0 Å². The number of rotatable bonds is 4. The number of ether oxygens (including phenoxy) is 1. The molecule has 0 spiro atoms. The molecule has 2 rings (SSSR count). The molecule has 1 saturated carbocycles. The van der Waals surface area contributed by atoms with Gasteiger partial charge < -0.3 is 15.4 Å². The van der Waals surface area contributed by atoms with Gasteiger partial charge >= 0.3 is 5.97 Å². The molecule has 2 atom stereocenters. The molecule has 0 bridgehead atoms. The van der Waals surface area contributed by atoms with Gasteiger partial charge in [0.2, 0.25) is 5.91 Å². The van der Waals surface area contributed by atoms with Crippen LogP contribution >= 0.6 is 0 Å². The first-order valence-electron chi connectivity index (χ1n) is 7.13. The molecule has 5 nitrogen and oxygen atoms in total. The van der Waals surface area contributed by atoms with Gasteiger partial charge in [-0.05, 0) is 44.9 Å². The first-order chi connectivity index (χ1) is 8.96. The number of piperidine rings is 1. The SMILES string of the molecule is COC(=O)CC1CCCCN1C(=O)C(C)(N)C1CC1. The second kappa shape index (κ2) is 5.49. The average Bonchev–Trinajstić information content (AvgIpc) is 3.23. The third-order valence-electron chi connectivity index (χ3n) is 4.40. The molecule has 1 aliphatic carbocycles. The van der Waals surface area contributed by atoms with Gasteiger partial charge in [0.1, 0.15) is 0 Å². The molecule has 1 aliphatic heterocycles. The third kappa shape index (κ3) is 3.08. The summed E-state index contributed by atoms with van der Waals surface area (Å²) in [5.74, 6) is 0.0548. The van der Waals surface area contributed by atoms with E-state index in [4.69, 9.17) is 10.5 Å². The number of nitrogens with zero attached hydrogens (tertiary/aromatic N) is 1. The fourth-order valence-corrected chi connectivity index (χ4v) is 2.92. The lowest BCUT2D eigenvalue weighted by Crippen LogP contribution is -2.58. The van der Waals surface area contributed by atoms with Crippen LogP contribution in [0.4, 0.5) is 0 Å². The zero-order chi connectivity index (χ0) is 14.0. The predicted molar refractivity (Wildman–Crippen MR) is 71.3 cm³/mol. The Kier molecular flexibility index (Phi) is 4.13. The molecule has 2 aliphatic rings. The predicted octanol–water partition coefficient (Wildman–Crippen LogP) is 1.06.